The fourth-order valence-corrected chi connectivity index (χ4v) is 5.19. The van der Waals surface area contributed by atoms with Crippen LogP contribution in [-0.2, 0) is 4.79 Å². The van der Waals surface area contributed by atoms with Crippen LogP contribution in [-0.4, -0.2) is 43.4 Å². The summed E-state index contributed by atoms with van der Waals surface area (Å²) in [4.78, 5) is 31.9. The number of hydrogen-bond acceptors (Lipinski definition) is 6. The van der Waals surface area contributed by atoms with E-state index in [0.717, 1.165) is 11.0 Å². The number of anilines is 1. The zero-order chi connectivity index (χ0) is 25.6. The largest absolute Gasteiger partial charge is 0.497 e. The molecule has 8 nitrogen and oxygen atoms in total. The minimum atomic E-state index is -1.50. The van der Waals surface area contributed by atoms with Crippen molar-refractivity contribution in [1.82, 2.24) is 10.3 Å². The molecule has 1 aromatic heterocycles. The fraction of sp³-hybridized carbons (Fsp3) is 0.308. The summed E-state index contributed by atoms with van der Waals surface area (Å²) in [6.45, 7) is 0. The zero-order valence-electron chi connectivity index (χ0n) is 19.5. The van der Waals surface area contributed by atoms with E-state index in [-0.39, 0.29) is 35.4 Å². The Bertz CT molecular complexity index is 1420. The van der Waals surface area contributed by atoms with Gasteiger partial charge in [0.25, 0.3) is 0 Å². The van der Waals surface area contributed by atoms with Crippen molar-refractivity contribution in [3.63, 3.8) is 0 Å². The van der Waals surface area contributed by atoms with E-state index in [0.29, 0.717) is 16.5 Å². The Morgan fingerprint density at radius 1 is 1.11 bits per heavy atom. The van der Waals surface area contributed by atoms with Crippen LogP contribution in [0.15, 0.2) is 42.7 Å². The number of benzene rings is 2. The molecule has 2 aromatic carbocycles. The van der Waals surface area contributed by atoms with Crippen molar-refractivity contribution in [3.8, 4) is 17.6 Å². The Labute approximate surface area is 205 Å². The standard InChI is InChI=1S/C26H22F2N4O4/c1-35-15-4-3-13-11-30-12-23(17(13)6-15)32-25(33)19-7-20(27)18(8-22(19)31-26(32)34)16-9-24(36-2)21(28)5-14(16)10-29/h3-6,9,11-12,18-20,22H,7-8H2,1-2H3,(H,31,34). The number of pyridine rings is 1. The highest BCUT2D eigenvalue weighted by Crippen LogP contribution is 2.43. The molecule has 1 N–H and O–H groups in total. The number of rotatable bonds is 4. The molecule has 10 heteroatoms. The molecule has 1 saturated carbocycles. The SMILES string of the molecule is COc1ccc2cncc(N3C(=O)NC4CC(c5cc(OC)c(F)cc5C#N)C(F)CC4C3=O)c2c1. The smallest absolute Gasteiger partial charge is 0.329 e. The number of carbonyl (C=O) groups is 2. The number of fused-ring (bicyclic) bond motifs is 2. The molecule has 0 spiro atoms. The Kier molecular flexibility index (Phi) is 5.92. The zero-order valence-corrected chi connectivity index (χ0v) is 19.5. The number of imide groups is 1. The number of nitriles is 1. The highest BCUT2D eigenvalue weighted by molar-refractivity contribution is 6.20. The molecule has 0 bridgehead atoms. The van der Waals surface area contributed by atoms with Crippen molar-refractivity contribution in [2.24, 2.45) is 5.92 Å². The van der Waals surface area contributed by atoms with Crippen molar-refractivity contribution in [3.05, 3.63) is 59.7 Å². The number of ether oxygens (including phenoxy) is 2. The first-order chi connectivity index (χ1) is 17.4. The quantitative estimate of drug-likeness (QED) is 0.585. The second-order valence-corrected chi connectivity index (χ2v) is 8.86. The molecule has 1 saturated heterocycles. The summed E-state index contributed by atoms with van der Waals surface area (Å²) in [5.74, 6) is -2.45. The maximum Gasteiger partial charge on any atom is 0.329 e. The van der Waals surface area contributed by atoms with Gasteiger partial charge < -0.3 is 14.8 Å². The lowest BCUT2D eigenvalue weighted by Crippen LogP contribution is -2.62. The number of methoxy groups -OCH3 is 2. The Morgan fingerprint density at radius 3 is 2.64 bits per heavy atom. The van der Waals surface area contributed by atoms with E-state index in [1.807, 2.05) is 6.07 Å². The summed E-state index contributed by atoms with van der Waals surface area (Å²) in [6.07, 6.45) is 1.43. The summed E-state index contributed by atoms with van der Waals surface area (Å²) in [5, 5.41) is 13.6. The second kappa shape index (κ2) is 9.07. The van der Waals surface area contributed by atoms with Gasteiger partial charge in [-0.15, -0.1) is 0 Å². The minimum absolute atomic E-state index is 0.00901. The third-order valence-electron chi connectivity index (χ3n) is 6.99. The minimum Gasteiger partial charge on any atom is -0.497 e. The third-order valence-corrected chi connectivity index (χ3v) is 6.99. The first kappa shape index (κ1) is 23.5. The van der Waals surface area contributed by atoms with Crippen LogP contribution in [0.5, 0.6) is 11.5 Å². The third kappa shape index (κ3) is 3.77. The van der Waals surface area contributed by atoms with Crippen molar-refractivity contribution in [2.75, 3.05) is 19.1 Å². The van der Waals surface area contributed by atoms with Crippen molar-refractivity contribution in [2.45, 2.75) is 31.0 Å². The van der Waals surface area contributed by atoms with Gasteiger partial charge in [-0.2, -0.15) is 5.26 Å². The van der Waals surface area contributed by atoms with Gasteiger partial charge in [0.1, 0.15) is 11.9 Å². The number of aromatic nitrogens is 1. The average Bonchev–Trinajstić information content (AvgIpc) is 2.88. The molecule has 1 aliphatic heterocycles. The molecule has 4 unspecified atom stereocenters. The number of carbonyl (C=O) groups excluding carboxylic acids is 2. The van der Waals surface area contributed by atoms with Crippen LogP contribution in [0, 0.1) is 23.1 Å². The number of nitrogens with one attached hydrogen (secondary N) is 1. The van der Waals surface area contributed by atoms with Crippen LogP contribution in [0.4, 0.5) is 19.3 Å². The second-order valence-electron chi connectivity index (χ2n) is 8.86. The molecule has 36 heavy (non-hydrogen) atoms. The van der Waals surface area contributed by atoms with E-state index in [9.17, 15) is 19.2 Å². The van der Waals surface area contributed by atoms with Gasteiger partial charge in [0.2, 0.25) is 5.91 Å². The maximum absolute atomic E-state index is 15.6. The number of halogens is 2. The van der Waals surface area contributed by atoms with Gasteiger partial charge in [0.15, 0.2) is 11.6 Å². The van der Waals surface area contributed by atoms with Gasteiger partial charge in [-0.25, -0.2) is 18.5 Å². The van der Waals surface area contributed by atoms with Crippen LogP contribution in [0.2, 0.25) is 0 Å². The molecule has 184 valence electrons. The van der Waals surface area contributed by atoms with Gasteiger partial charge >= 0.3 is 6.03 Å². The summed E-state index contributed by atoms with van der Waals surface area (Å²) in [6, 6.07) is 8.17. The average molecular weight is 492 g/mol. The first-order valence-electron chi connectivity index (χ1n) is 11.3. The maximum atomic E-state index is 15.6. The number of alkyl halides is 1. The number of hydrogen-bond donors (Lipinski definition) is 1. The monoisotopic (exact) mass is 492 g/mol. The van der Waals surface area contributed by atoms with E-state index in [1.165, 1.54) is 26.5 Å². The Balaban J connectivity index is 1.48. The Hall–Kier alpha value is -4.26. The summed E-state index contributed by atoms with van der Waals surface area (Å²) in [7, 11) is 2.80. The lowest BCUT2D eigenvalue weighted by atomic mass is 9.72. The van der Waals surface area contributed by atoms with Gasteiger partial charge in [0, 0.05) is 28.9 Å². The highest BCUT2D eigenvalue weighted by atomic mass is 19.1. The van der Waals surface area contributed by atoms with Crippen LogP contribution in [0.1, 0.15) is 29.9 Å². The van der Waals surface area contributed by atoms with Crippen LogP contribution < -0.4 is 19.7 Å². The molecule has 3 aromatic rings. The van der Waals surface area contributed by atoms with E-state index < -0.39 is 41.8 Å². The molecule has 1 aliphatic carbocycles. The lowest BCUT2D eigenvalue weighted by Gasteiger charge is -2.43. The van der Waals surface area contributed by atoms with E-state index >= 15 is 4.39 Å². The van der Waals surface area contributed by atoms with Gasteiger partial charge in [-0.3, -0.25) is 9.78 Å². The lowest BCUT2D eigenvalue weighted by molar-refractivity contribution is -0.125. The summed E-state index contributed by atoms with van der Waals surface area (Å²) in [5.41, 5.74) is 0.557. The van der Waals surface area contributed by atoms with Crippen molar-refractivity contribution >= 4 is 28.4 Å². The predicted molar refractivity (Wildman–Crippen MR) is 126 cm³/mol. The van der Waals surface area contributed by atoms with Crippen molar-refractivity contribution in [1.29, 1.82) is 5.26 Å². The van der Waals surface area contributed by atoms with E-state index in [2.05, 4.69) is 10.3 Å². The van der Waals surface area contributed by atoms with Gasteiger partial charge in [-0.05, 0) is 48.7 Å². The molecule has 5 rings (SSSR count). The van der Waals surface area contributed by atoms with E-state index in [1.54, 1.807) is 24.4 Å². The molecule has 3 amide bonds. The highest BCUT2D eigenvalue weighted by Gasteiger charge is 2.49. The van der Waals surface area contributed by atoms with Crippen molar-refractivity contribution < 1.29 is 27.8 Å². The summed E-state index contributed by atoms with van der Waals surface area (Å²) >= 11 is 0. The molecule has 2 aliphatic rings. The number of amides is 3. The predicted octanol–water partition coefficient (Wildman–Crippen LogP) is 4.22. The molecule has 0 radical (unpaired) electrons. The van der Waals surface area contributed by atoms with Crippen LogP contribution in [0.25, 0.3) is 10.8 Å². The van der Waals surface area contributed by atoms with E-state index in [4.69, 9.17) is 9.47 Å². The normalized spacial score (nSPS) is 23.6. The molecule has 4 atom stereocenters. The number of nitrogens with zero attached hydrogens (tertiary/aromatic N) is 3. The molecule has 2 heterocycles. The molecular weight excluding hydrogens is 470 g/mol. The topological polar surface area (TPSA) is 105 Å². The van der Waals surface area contributed by atoms with Gasteiger partial charge in [0.05, 0.1) is 43.7 Å². The first-order valence-corrected chi connectivity index (χ1v) is 11.3. The fourth-order valence-electron chi connectivity index (χ4n) is 5.19. The van der Waals surface area contributed by atoms with Crippen LogP contribution in [0.3, 0.4) is 0 Å². The summed E-state index contributed by atoms with van der Waals surface area (Å²) < 4.78 is 40.0. The molecule has 2 fully saturated rings. The van der Waals surface area contributed by atoms with Gasteiger partial charge in [-0.1, -0.05) is 0 Å². The van der Waals surface area contributed by atoms with Crippen LogP contribution >= 0.6 is 0 Å². The molecular formula is C26H22F2N4O4. The Morgan fingerprint density at radius 2 is 1.92 bits per heavy atom. The number of urea groups is 1.